The third-order valence-electron chi connectivity index (χ3n) is 6.89. The smallest absolute Gasteiger partial charge is 0.247 e. The van der Waals surface area contributed by atoms with Crippen LogP contribution in [0.4, 0.5) is 0 Å². The Bertz CT molecular complexity index is 1010. The molecular formula is C28H40N2O7. The van der Waals surface area contributed by atoms with Crippen molar-refractivity contribution in [1.82, 2.24) is 10.2 Å². The number of nitrogens with zero attached hydrogens (tertiary/aromatic N) is 1. The minimum Gasteiger partial charge on any atom is -0.493 e. The monoisotopic (exact) mass is 516 g/mol. The number of aliphatic hydroxyl groups excluding tert-OH is 3. The Labute approximate surface area is 218 Å². The highest BCUT2D eigenvalue weighted by Gasteiger charge is 2.51. The number of amides is 2. The van der Waals surface area contributed by atoms with Crippen LogP contribution in [0.5, 0.6) is 11.5 Å². The Morgan fingerprint density at radius 3 is 2.62 bits per heavy atom. The zero-order valence-electron chi connectivity index (χ0n) is 22.0. The van der Waals surface area contributed by atoms with E-state index in [4.69, 9.17) is 9.47 Å². The second-order valence-corrected chi connectivity index (χ2v) is 9.42. The number of carbonyl (C=O) groups excluding carboxylic acids is 2. The zero-order valence-corrected chi connectivity index (χ0v) is 22.0. The van der Waals surface area contributed by atoms with Crippen LogP contribution in [-0.2, 0) is 16.2 Å². The van der Waals surface area contributed by atoms with Crippen molar-refractivity contribution in [3.8, 4) is 11.5 Å². The summed E-state index contributed by atoms with van der Waals surface area (Å²) in [5.41, 5.74) is 1.56. The van der Waals surface area contributed by atoms with Crippen LogP contribution in [0.25, 0.3) is 0 Å². The molecule has 4 atom stereocenters. The highest BCUT2D eigenvalue weighted by atomic mass is 16.5. The van der Waals surface area contributed by atoms with Crippen molar-refractivity contribution in [2.45, 2.75) is 76.7 Å². The molecule has 0 fully saturated rings. The van der Waals surface area contributed by atoms with Crippen molar-refractivity contribution >= 4 is 11.8 Å². The van der Waals surface area contributed by atoms with Gasteiger partial charge in [0.1, 0.15) is 12.2 Å². The van der Waals surface area contributed by atoms with E-state index in [0.29, 0.717) is 41.2 Å². The Morgan fingerprint density at radius 2 is 1.97 bits per heavy atom. The highest BCUT2D eigenvalue weighted by Crippen LogP contribution is 2.51. The van der Waals surface area contributed by atoms with Gasteiger partial charge in [-0.15, -0.1) is 0 Å². The van der Waals surface area contributed by atoms with Crippen LogP contribution in [0.2, 0.25) is 0 Å². The van der Waals surface area contributed by atoms with E-state index in [2.05, 4.69) is 12.2 Å². The minimum absolute atomic E-state index is 0.0629. The van der Waals surface area contributed by atoms with E-state index in [1.54, 1.807) is 29.2 Å². The molecule has 0 bridgehead atoms. The Kier molecular flexibility index (Phi) is 10.5. The van der Waals surface area contributed by atoms with E-state index in [1.807, 2.05) is 6.92 Å². The van der Waals surface area contributed by atoms with Crippen molar-refractivity contribution in [2.75, 3.05) is 26.8 Å². The number of ether oxygens (including phenoxy) is 2. The maximum atomic E-state index is 13.3. The van der Waals surface area contributed by atoms with Gasteiger partial charge in [0.05, 0.1) is 32.3 Å². The number of methoxy groups -OCH3 is 1. The summed E-state index contributed by atoms with van der Waals surface area (Å²) < 4.78 is 11.7. The van der Waals surface area contributed by atoms with Crippen molar-refractivity contribution < 1.29 is 34.4 Å². The minimum atomic E-state index is -1.11. The lowest BCUT2D eigenvalue weighted by Crippen LogP contribution is -2.55. The van der Waals surface area contributed by atoms with Crippen LogP contribution in [-0.4, -0.2) is 77.1 Å². The second-order valence-electron chi connectivity index (χ2n) is 9.42. The molecule has 0 aromatic heterocycles. The lowest BCUT2D eigenvalue weighted by molar-refractivity contribution is -0.132. The van der Waals surface area contributed by atoms with E-state index in [9.17, 15) is 24.9 Å². The Hall–Kier alpha value is -2.88. The fourth-order valence-corrected chi connectivity index (χ4v) is 5.05. The van der Waals surface area contributed by atoms with E-state index < -0.39 is 30.1 Å². The third-order valence-corrected chi connectivity index (χ3v) is 6.89. The van der Waals surface area contributed by atoms with Gasteiger partial charge in [-0.05, 0) is 42.7 Å². The fraction of sp³-hybridized carbons (Fsp3) is 0.571. The Morgan fingerprint density at radius 1 is 1.19 bits per heavy atom. The molecule has 1 heterocycles. The number of nitrogens with one attached hydrogen (secondary N) is 1. The van der Waals surface area contributed by atoms with Gasteiger partial charge in [0.15, 0.2) is 11.5 Å². The average molecular weight is 517 g/mol. The standard InChI is InChI=1S/C28H40N2O7/c1-4-6-8-9-12-30(23(33)10-7-5-2)21-16-20(28(35)29-11-13-31)24-19-14-18(17-32)15-22(36-3)26(19)37-27(24)25(21)34/h7,10,14-16,21,24-25,27,31-32,34H,4-6,8-9,11-13,17H2,1-3H3,(H,29,35)/t21-,24+,25+,27+/m1/s1. The first-order chi connectivity index (χ1) is 17.9. The summed E-state index contributed by atoms with van der Waals surface area (Å²) in [6.07, 6.45) is 7.51. The first-order valence-electron chi connectivity index (χ1n) is 13.2. The quantitative estimate of drug-likeness (QED) is 0.234. The molecule has 1 aliphatic carbocycles. The van der Waals surface area contributed by atoms with Crippen LogP contribution in [0, 0.1) is 0 Å². The first-order valence-corrected chi connectivity index (χ1v) is 13.2. The van der Waals surface area contributed by atoms with Gasteiger partial charge in [-0.3, -0.25) is 9.59 Å². The molecule has 0 unspecified atom stereocenters. The van der Waals surface area contributed by atoms with Crippen molar-refractivity contribution in [3.05, 3.63) is 47.1 Å². The number of fused-ring (bicyclic) bond motifs is 3. The van der Waals surface area contributed by atoms with Crippen LogP contribution in [0.3, 0.4) is 0 Å². The van der Waals surface area contributed by atoms with Gasteiger partial charge in [-0.25, -0.2) is 0 Å². The van der Waals surface area contributed by atoms with Gasteiger partial charge in [0.25, 0.3) is 0 Å². The molecular weight excluding hydrogens is 476 g/mol. The van der Waals surface area contributed by atoms with Crippen LogP contribution in [0.15, 0.2) is 35.9 Å². The molecule has 0 radical (unpaired) electrons. The van der Waals surface area contributed by atoms with E-state index >= 15 is 0 Å². The molecule has 9 nitrogen and oxygen atoms in total. The van der Waals surface area contributed by atoms with Crippen molar-refractivity contribution in [3.63, 3.8) is 0 Å². The molecule has 3 rings (SSSR count). The summed E-state index contributed by atoms with van der Waals surface area (Å²) in [7, 11) is 1.49. The summed E-state index contributed by atoms with van der Waals surface area (Å²) in [5, 5.41) is 33.3. The molecule has 0 saturated carbocycles. The van der Waals surface area contributed by atoms with Gasteiger partial charge in [-0.1, -0.05) is 39.2 Å². The number of hydrogen-bond acceptors (Lipinski definition) is 7. The molecule has 4 N–H and O–H groups in total. The summed E-state index contributed by atoms with van der Waals surface area (Å²) in [4.78, 5) is 28.2. The van der Waals surface area contributed by atoms with Crippen molar-refractivity contribution in [2.24, 2.45) is 0 Å². The lowest BCUT2D eigenvalue weighted by Gasteiger charge is -2.40. The molecule has 2 amide bonds. The number of rotatable bonds is 13. The average Bonchev–Trinajstić information content (AvgIpc) is 3.30. The predicted octanol–water partition coefficient (Wildman–Crippen LogP) is 2.19. The molecule has 1 aliphatic heterocycles. The molecule has 2 aliphatic rings. The van der Waals surface area contributed by atoms with Gasteiger partial charge >= 0.3 is 0 Å². The zero-order chi connectivity index (χ0) is 26.9. The molecule has 9 heteroatoms. The number of benzene rings is 1. The summed E-state index contributed by atoms with van der Waals surface area (Å²) in [6.45, 7) is 4.09. The first kappa shape index (κ1) is 28.7. The van der Waals surface area contributed by atoms with Gasteiger partial charge < -0.3 is 35.0 Å². The number of hydrogen-bond donors (Lipinski definition) is 4. The summed E-state index contributed by atoms with van der Waals surface area (Å²) in [6, 6.07) is 2.62. The maximum absolute atomic E-state index is 13.3. The normalized spacial score (nSPS) is 22.2. The number of unbranched alkanes of at least 4 members (excludes halogenated alkanes) is 3. The van der Waals surface area contributed by atoms with E-state index in [-0.39, 0.29) is 25.7 Å². The van der Waals surface area contributed by atoms with Crippen molar-refractivity contribution in [1.29, 1.82) is 0 Å². The SMILES string of the molecule is CCC=CC(=O)N(CCCCCC)[C@@H]1C=C(C(=O)NCCO)[C@@H]2c3cc(CO)cc(OC)c3O[C@@H]2[C@H]1O. The number of carbonyl (C=O) groups is 2. The highest BCUT2D eigenvalue weighted by molar-refractivity contribution is 5.96. The lowest BCUT2D eigenvalue weighted by atomic mass is 9.77. The molecule has 1 aromatic carbocycles. The maximum Gasteiger partial charge on any atom is 0.247 e. The van der Waals surface area contributed by atoms with E-state index in [1.165, 1.54) is 13.2 Å². The molecule has 0 saturated heterocycles. The number of aliphatic hydroxyl groups is 3. The molecule has 37 heavy (non-hydrogen) atoms. The number of allylic oxidation sites excluding steroid dienone is 1. The topological polar surface area (TPSA) is 129 Å². The summed E-state index contributed by atoms with van der Waals surface area (Å²) in [5.74, 6) is -0.477. The van der Waals surface area contributed by atoms with Gasteiger partial charge in [0, 0.05) is 24.2 Å². The second kappa shape index (κ2) is 13.6. The largest absolute Gasteiger partial charge is 0.493 e. The predicted molar refractivity (Wildman–Crippen MR) is 139 cm³/mol. The molecule has 0 spiro atoms. The van der Waals surface area contributed by atoms with Crippen LogP contribution in [0.1, 0.15) is 63.0 Å². The van der Waals surface area contributed by atoms with Gasteiger partial charge in [0.2, 0.25) is 11.8 Å². The van der Waals surface area contributed by atoms with Gasteiger partial charge in [-0.2, -0.15) is 0 Å². The Balaban J connectivity index is 2.07. The van der Waals surface area contributed by atoms with E-state index in [0.717, 1.165) is 25.7 Å². The third kappa shape index (κ3) is 6.34. The molecule has 1 aromatic rings. The fourth-order valence-electron chi connectivity index (χ4n) is 5.05. The summed E-state index contributed by atoms with van der Waals surface area (Å²) >= 11 is 0. The molecule has 204 valence electrons. The van der Waals surface area contributed by atoms with Crippen LogP contribution < -0.4 is 14.8 Å². The van der Waals surface area contributed by atoms with Crippen LogP contribution >= 0.6 is 0 Å².